The Kier molecular flexibility index (Phi) is 6.09. The van der Waals surface area contributed by atoms with E-state index in [2.05, 4.69) is 106 Å². The maximum absolute atomic E-state index is 6.91. The summed E-state index contributed by atoms with van der Waals surface area (Å²) in [4.78, 5) is 18.4. The predicted molar refractivity (Wildman–Crippen MR) is 170 cm³/mol. The number of benzene rings is 2. The zero-order chi connectivity index (χ0) is 28.4. The summed E-state index contributed by atoms with van der Waals surface area (Å²) in [5, 5.41) is 0. The summed E-state index contributed by atoms with van der Waals surface area (Å²) in [6.45, 7) is 4.06. The van der Waals surface area contributed by atoms with E-state index in [9.17, 15) is 0 Å². The Bertz CT molecular complexity index is 1680. The van der Waals surface area contributed by atoms with Gasteiger partial charge in [0.15, 0.2) is 0 Å². The van der Waals surface area contributed by atoms with Crippen LogP contribution < -0.4 is 4.90 Å². The highest BCUT2D eigenvalue weighted by molar-refractivity contribution is 5.76. The Morgan fingerprint density at radius 2 is 1.77 bits per heavy atom. The van der Waals surface area contributed by atoms with Crippen molar-refractivity contribution in [2.75, 3.05) is 31.1 Å². The minimum Gasteiger partial charge on any atom is -0.375 e. The average Bonchev–Trinajstić information content (AvgIpc) is 3.63. The molecule has 0 N–H and O–H groups in total. The predicted octanol–water partition coefficient (Wildman–Crippen LogP) is 6.13. The van der Waals surface area contributed by atoms with Gasteiger partial charge in [0.1, 0.15) is 11.4 Å². The number of piperidine rings is 3. The lowest BCUT2D eigenvalue weighted by Crippen LogP contribution is -2.73. The van der Waals surface area contributed by atoms with Crippen LogP contribution in [0.5, 0.6) is 0 Å². The van der Waals surface area contributed by atoms with Crippen LogP contribution in [0.3, 0.4) is 0 Å². The molecule has 8 heterocycles. The first-order valence-corrected chi connectivity index (χ1v) is 16.3. The van der Waals surface area contributed by atoms with Gasteiger partial charge in [-0.15, -0.1) is 0 Å². The maximum Gasteiger partial charge on any atom is 0.149 e. The summed E-state index contributed by atoms with van der Waals surface area (Å²) in [6.07, 6.45) is 22.6. The van der Waals surface area contributed by atoms with Crippen LogP contribution in [0.25, 0.3) is 11.0 Å². The van der Waals surface area contributed by atoms with Gasteiger partial charge in [-0.25, -0.2) is 4.98 Å². The van der Waals surface area contributed by atoms with Gasteiger partial charge in [0.2, 0.25) is 0 Å². The fourth-order valence-corrected chi connectivity index (χ4v) is 9.23. The number of aromatic nitrogens is 2. The van der Waals surface area contributed by atoms with Gasteiger partial charge in [0, 0.05) is 31.1 Å². The van der Waals surface area contributed by atoms with Gasteiger partial charge in [-0.1, -0.05) is 54.6 Å². The summed E-state index contributed by atoms with van der Waals surface area (Å²) in [5.74, 6) is 1.73. The van der Waals surface area contributed by atoms with E-state index in [0.717, 1.165) is 55.2 Å². The Morgan fingerprint density at radius 1 is 0.907 bits per heavy atom. The second-order valence-electron chi connectivity index (χ2n) is 13.1. The van der Waals surface area contributed by atoms with E-state index in [1.54, 1.807) is 0 Å². The molecule has 218 valence electrons. The second kappa shape index (κ2) is 10.2. The maximum atomic E-state index is 6.91. The van der Waals surface area contributed by atoms with Crippen molar-refractivity contribution in [2.45, 2.75) is 62.3 Å². The summed E-state index contributed by atoms with van der Waals surface area (Å²) in [5.41, 5.74) is 7.04. The number of nitrogens with zero attached hydrogens (tertiary/aromatic N) is 5. The molecule has 4 saturated heterocycles. The first-order valence-electron chi connectivity index (χ1n) is 16.3. The lowest BCUT2D eigenvalue weighted by molar-refractivity contribution is -0.0617. The van der Waals surface area contributed by atoms with Gasteiger partial charge >= 0.3 is 0 Å². The Balaban J connectivity index is 1.35. The van der Waals surface area contributed by atoms with Gasteiger partial charge in [-0.2, -0.15) is 0 Å². The lowest BCUT2D eigenvalue weighted by atomic mass is 9.63. The molecule has 3 aromatic rings. The van der Waals surface area contributed by atoms with E-state index in [1.165, 1.54) is 54.7 Å². The number of hydrogen-bond donors (Lipinski definition) is 0. The molecule has 0 radical (unpaired) electrons. The highest BCUT2D eigenvalue weighted by Crippen LogP contribution is 2.55. The molecule has 4 fully saturated rings. The summed E-state index contributed by atoms with van der Waals surface area (Å²) < 4.78 is 6.91. The van der Waals surface area contributed by atoms with Crippen LogP contribution in [0.1, 0.15) is 43.2 Å². The molecular formula is C37H39N5O. The van der Waals surface area contributed by atoms with Crippen molar-refractivity contribution in [3.63, 3.8) is 0 Å². The number of fused-ring (bicyclic) bond motifs is 6. The fraction of sp³-hybridized carbons (Fsp3) is 0.405. The second-order valence-corrected chi connectivity index (χ2v) is 13.1. The molecule has 4 unspecified atom stereocenters. The van der Waals surface area contributed by atoms with Crippen LogP contribution in [-0.4, -0.2) is 64.2 Å². The smallest absolute Gasteiger partial charge is 0.149 e. The zero-order valence-corrected chi connectivity index (χ0v) is 24.7. The molecule has 0 saturated carbocycles. The Morgan fingerprint density at radius 3 is 2.60 bits per heavy atom. The van der Waals surface area contributed by atoms with Crippen molar-refractivity contribution in [3.05, 3.63) is 114 Å². The van der Waals surface area contributed by atoms with Crippen LogP contribution in [0.2, 0.25) is 0 Å². The minimum atomic E-state index is -0.385. The first kappa shape index (κ1) is 25.7. The van der Waals surface area contributed by atoms with Crippen molar-refractivity contribution >= 4 is 16.9 Å². The Labute approximate surface area is 254 Å². The van der Waals surface area contributed by atoms with Gasteiger partial charge in [0.25, 0.3) is 0 Å². The van der Waals surface area contributed by atoms with Crippen molar-refractivity contribution in [3.8, 4) is 0 Å². The molecule has 6 heteroatoms. The van der Waals surface area contributed by atoms with E-state index in [1.807, 2.05) is 0 Å². The number of para-hydroxylation sites is 2. The molecule has 2 bridgehead atoms. The molecule has 10 rings (SSSR count). The summed E-state index contributed by atoms with van der Waals surface area (Å²) in [7, 11) is 0. The molecule has 0 aliphatic carbocycles. The van der Waals surface area contributed by atoms with Gasteiger partial charge < -0.3 is 14.5 Å². The number of ether oxygens (including phenoxy) is 1. The molecule has 1 aromatic heterocycles. The number of hydrogen-bond acceptors (Lipinski definition) is 6. The first-order chi connectivity index (χ1) is 21.3. The Hall–Kier alpha value is -3.74. The van der Waals surface area contributed by atoms with Gasteiger partial charge in [0.05, 0.1) is 29.4 Å². The van der Waals surface area contributed by atoms with Gasteiger partial charge in [-0.05, 0) is 98.5 Å². The van der Waals surface area contributed by atoms with Crippen LogP contribution in [-0.2, 0) is 16.7 Å². The number of anilines is 1. The number of allylic oxidation sites excluding steroid dienone is 3. The zero-order valence-electron chi connectivity index (χ0n) is 24.7. The molecule has 7 aliphatic rings. The highest BCUT2D eigenvalue weighted by Gasteiger charge is 2.61. The lowest BCUT2D eigenvalue weighted by Gasteiger charge is -2.63. The summed E-state index contributed by atoms with van der Waals surface area (Å²) in [6, 6.07) is 18.0. The van der Waals surface area contributed by atoms with Gasteiger partial charge in [-0.3, -0.25) is 9.88 Å². The molecule has 0 spiro atoms. The molecular weight excluding hydrogens is 530 g/mol. The third-order valence-corrected chi connectivity index (χ3v) is 11.0. The largest absolute Gasteiger partial charge is 0.375 e. The molecule has 43 heavy (non-hydrogen) atoms. The average molecular weight is 570 g/mol. The van der Waals surface area contributed by atoms with E-state index < -0.39 is 0 Å². The van der Waals surface area contributed by atoms with Crippen molar-refractivity contribution < 1.29 is 4.74 Å². The van der Waals surface area contributed by atoms with Crippen molar-refractivity contribution in [1.82, 2.24) is 19.8 Å². The van der Waals surface area contributed by atoms with E-state index in [0.29, 0.717) is 6.04 Å². The fourth-order valence-electron chi connectivity index (χ4n) is 9.23. The van der Waals surface area contributed by atoms with Crippen LogP contribution in [0.15, 0.2) is 103 Å². The van der Waals surface area contributed by atoms with E-state index >= 15 is 0 Å². The molecule has 4 atom stereocenters. The minimum absolute atomic E-state index is 0.0742. The monoisotopic (exact) mass is 569 g/mol. The van der Waals surface area contributed by atoms with Crippen LogP contribution in [0.4, 0.5) is 5.82 Å². The highest BCUT2D eigenvalue weighted by atomic mass is 16.5. The van der Waals surface area contributed by atoms with E-state index in [-0.39, 0.29) is 17.7 Å². The SMILES string of the molecule is C1=CC2=C(C3Cc4ccccc4C(C4CCCO4)(C4CC5CCN4CC5)N3c3cnc4ccccc4n3)C=CCN2C=C1. The molecule has 6 nitrogen and oxygen atoms in total. The van der Waals surface area contributed by atoms with Crippen molar-refractivity contribution in [1.29, 1.82) is 0 Å². The molecule has 2 aromatic carbocycles. The standard InChI is InChI=1S/C37H39N5O/c1-2-11-29-27(9-1)24-33(28-10-7-19-40-18-6-5-14-32(28)40)42(36-25-38-30-12-3-4-13-31(30)39-36)37(29,35-15-8-22-43-35)34-23-26-16-20-41(34)21-17-26/h1-7,9-14,18,25-26,33-35H,8,15-17,19-24H2. The van der Waals surface area contributed by atoms with E-state index in [4.69, 9.17) is 14.7 Å². The quantitative estimate of drug-likeness (QED) is 0.377. The topological polar surface area (TPSA) is 44.7 Å². The number of rotatable bonds is 4. The van der Waals surface area contributed by atoms with Crippen LogP contribution in [0, 0.1) is 5.92 Å². The third kappa shape index (κ3) is 3.92. The molecule has 7 aliphatic heterocycles. The third-order valence-electron chi connectivity index (χ3n) is 11.0. The van der Waals surface area contributed by atoms with Crippen molar-refractivity contribution in [2.24, 2.45) is 5.92 Å². The summed E-state index contributed by atoms with van der Waals surface area (Å²) >= 11 is 0. The van der Waals surface area contributed by atoms with Crippen LogP contribution >= 0.6 is 0 Å². The molecule has 0 amide bonds. The normalized spacial score (nSPS) is 32.9.